The van der Waals surface area contributed by atoms with Gasteiger partial charge in [-0.15, -0.1) is 15.0 Å². The molecule has 1 aliphatic heterocycles. The van der Waals surface area contributed by atoms with E-state index in [1.807, 2.05) is 67.4 Å². The first-order valence-corrected chi connectivity index (χ1v) is 11.3. The molecule has 2 amide bonds. The molecule has 1 aromatic heterocycles. The van der Waals surface area contributed by atoms with Crippen LogP contribution in [0.5, 0.6) is 5.75 Å². The number of nitrogens with one attached hydrogen (secondary N) is 1. The number of benzene rings is 3. The van der Waals surface area contributed by atoms with Gasteiger partial charge in [-0.2, -0.15) is 0 Å². The zero-order chi connectivity index (χ0) is 25.4. The third-order valence-corrected chi connectivity index (χ3v) is 5.99. The van der Waals surface area contributed by atoms with E-state index in [-0.39, 0.29) is 17.7 Å². The summed E-state index contributed by atoms with van der Waals surface area (Å²) in [6, 6.07) is 18.6. The number of amides is 2. The molecule has 36 heavy (non-hydrogen) atoms. The molecule has 0 bridgehead atoms. The van der Waals surface area contributed by atoms with Gasteiger partial charge < -0.3 is 10.0 Å². The van der Waals surface area contributed by atoms with Gasteiger partial charge in [-0.05, 0) is 54.5 Å². The average molecular weight is 482 g/mol. The van der Waals surface area contributed by atoms with Crippen molar-refractivity contribution in [2.45, 2.75) is 19.9 Å². The number of rotatable bonds is 5. The van der Waals surface area contributed by atoms with Crippen LogP contribution in [0.3, 0.4) is 0 Å². The van der Waals surface area contributed by atoms with E-state index in [0.29, 0.717) is 23.4 Å². The van der Waals surface area contributed by atoms with Crippen LogP contribution < -0.4 is 10.2 Å². The van der Waals surface area contributed by atoms with Crippen LogP contribution in [0.25, 0.3) is 22.8 Å². The average Bonchev–Trinajstić information content (AvgIpc) is 3.28. The lowest BCUT2D eigenvalue weighted by Crippen LogP contribution is -2.40. The number of hydrogen-bond donors (Lipinski definition) is 2. The first-order chi connectivity index (χ1) is 17.3. The lowest BCUT2D eigenvalue weighted by atomic mass is 10.0. The van der Waals surface area contributed by atoms with Gasteiger partial charge in [0, 0.05) is 24.8 Å². The molecule has 9 heteroatoms. The minimum absolute atomic E-state index is 0.0344. The maximum absolute atomic E-state index is 12.0. The second-order valence-electron chi connectivity index (χ2n) is 8.75. The Hall–Kier alpha value is -4.79. The van der Waals surface area contributed by atoms with Crippen molar-refractivity contribution in [3.8, 4) is 11.4 Å². The molecule has 1 saturated heterocycles. The van der Waals surface area contributed by atoms with Crippen LogP contribution in [0.2, 0.25) is 0 Å². The number of imide groups is 1. The van der Waals surface area contributed by atoms with E-state index in [1.54, 1.807) is 12.1 Å². The van der Waals surface area contributed by atoms with E-state index in [9.17, 15) is 19.5 Å². The van der Waals surface area contributed by atoms with Crippen LogP contribution >= 0.6 is 0 Å². The van der Waals surface area contributed by atoms with Crippen LogP contribution in [-0.2, 0) is 20.9 Å². The number of nitrogens with zero attached hydrogens (tertiary/aromatic N) is 4. The largest absolute Gasteiger partial charge is 0.505 e. The van der Waals surface area contributed by atoms with Gasteiger partial charge in [0.1, 0.15) is 22.5 Å². The Bertz CT molecular complexity index is 1500. The van der Waals surface area contributed by atoms with Crippen LogP contribution in [0.15, 0.2) is 66.2 Å². The zero-order valence-corrected chi connectivity index (χ0v) is 19.7. The van der Waals surface area contributed by atoms with Crippen molar-refractivity contribution in [1.82, 2.24) is 20.3 Å². The Morgan fingerprint density at radius 1 is 1.03 bits per heavy atom. The van der Waals surface area contributed by atoms with E-state index < -0.39 is 17.6 Å². The molecule has 0 saturated carbocycles. The number of carbonyl (C=O) groups is 3. The molecule has 180 valence electrons. The predicted octanol–water partition coefficient (Wildman–Crippen LogP) is 3.07. The van der Waals surface area contributed by atoms with Crippen molar-refractivity contribution in [2.24, 2.45) is 0 Å². The molecular formula is C27H23N5O4. The van der Waals surface area contributed by atoms with E-state index in [0.717, 1.165) is 22.3 Å². The molecule has 2 heterocycles. The Morgan fingerprint density at radius 3 is 2.33 bits per heavy atom. The van der Waals surface area contributed by atoms with Crippen LogP contribution in [0, 0.1) is 6.92 Å². The summed E-state index contributed by atoms with van der Waals surface area (Å²) in [4.78, 5) is 38.8. The molecule has 1 fully saturated rings. The summed E-state index contributed by atoms with van der Waals surface area (Å²) >= 11 is 0. The Labute approximate surface area is 206 Å². The molecule has 0 spiro atoms. The smallest absolute Gasteiger partial charge is 0.261 e. The first-order valence-electron chi connectivity index (χ1n) is 11.3. The quantitative estimate of drug-likeness (QED) is 0.195. The highest BCUT2D eigenvalue weighted by Gasteiger charge is 2.28. The third kappa shape index (κ3) is 4.46. The SMILES string of the molecule is Cc1cc(CN(C)c2ccc(/C=C3\C(=O)CC(=O)NC3=O)cc2)c(O)c(-n2nc3ccccc3n2)c1. The molecule has 5 rings (SSSR count). The maximum atomic E-state index is 12.0. The third-order valence-electron chi connectivity index (χ3n) is 5.99. The van der Waals surface area contributed by atoms with Crippen molar-refractivity contribution in [3.63, 3.8) is 0 Å². The summed E-state index contributed by atoms with van der Waals surface area (Å²) in [5.41, 5.74) is 5.17. The molecule has 0 aliphatic carbocycles. The fourth-order valence-corrected chi connectivity index (χ4v) is 4.16. The number of piperidine rings is 1. The minimum atomic E-state index is -0.678. The van der Waals surface area contributed by atoms with Crippen molar-refractivity contribution in [1.29, 1.82) is 0 Å². The second kappa shape index (κ2) is 9.10. The second-order valence-corrected chi connectivity index (χ2v) is 8.75. The number of aromatic nitrogens is 3. The van der Waals surface area contributed by atoms with Gasteiger partial charge in [0.2, 0.25) is 5.91 Å². The lowest BCUT2D eigenvalue weighted by Gasteiger charge is -2.21. The van der Waals surface area contributed by atoms with Crippen molar-refractivity contribution in [2.75, 3.05) is 11.9 Å². The van der Waals surface area contributed by atoms with Crippen LogP contribution in [0.4, 0.5) is 5.69 Å². The van der Waals surface area contributed by atoms with Crippen LogP contribution in [0.1, 0.15) is 23.1 Å². The lowest BCUT2D eigenvalue weighted by molar-refractivity contribution is -0.134. The van der Waals surface area contributed by atoms with Crippen molar-refractivity contribution < 1.29 is 19.5 Å². The van der Waals surface area contributed by atoms with Crippen LogP contribution in [-0.4, -0.2) is 44.7 Å². The Morgan fingerprint density at radius 2 is 1.69 bits per heavy atom. The van der Waals surface area contributed by atoms with Gasteiger partial charge in [0.25, 0.3) is 5.91 Å². The highest BCUT2D eigenvalue weighted by molar-refractivity contribution is 6.32. The topological polar surface area (TPSA) is 117 Å². The van der Waals surface area contributed by atoms with Gasteiger partial charge in [-0.3, -0.25) is 19.7 Å². The molecule has 0 atom stereocenters. The molecule has 1 aliphatic rings. The van der Waals surface area contributed by atoms with E-state index in [1.165, 1.54) is 10.9 Å². The molecule has 3 aromatic carbocycles. The predicted molar refractivity (Wildman–Crippen MR) is 135 cm³/mol. The summed E-state index contributed by atoms with van der Waals surface area (Å²) < 4.78 is 0. The van der Waals surface area contributed by atoms with Gasteiger partial charge in [-0.25, -0.2) is 0 Å². The number of ketones is 1. The van der Waals surface area contributed by atoms with E-state index in [2.05, 4.69) is 15.5 Å². The van der Waals surface area contributed by atoms with E-state index in [4.69, 9.17) is 0 Å². The molecule has 9 nitrogen and oxygen atoms in total. The molecule has 2 N–H and O–H groups in total. The number of Topliss-reactive ketones (excluding diaryl/α,β-unsaturated/α-hetero) is 1. The Balaban J connectivity index is 1.37. The van der Waals surface area contributed by atoms with Gasteiger partial charge in [-0.1, -0.05) is 30.3 Å². The normalized spacial score (nSPS) is 14.9. The summed E-state index contributed by atoms with van der Waals surface area (Å²) in [7, 11) is 1.90. The highest BCUT2D eigenvalue weighted by Crippen LogP contribution is 2.30. The van der Waals surface area contributed by atoms with Crippen molar-refractivity contribution in [3.05, 3.63) is 82.9 Å². The van der Waals surface area contributed by atoms with Gasteiger partial charge >= 0.3 is 0 Å². The molecule has 0 unspecified atom stereocenters. The molecular weight excluding hydrogens is 458 g/mol. The summed E-state index contributed by atoms with van der Waals surface area (Å²) in [6.45, 7) is 2.37. The summed E-state index contributed by atoms with van der Waals surface area (Å²) in [5, 5.41) is 22.2. The maximum Gasteiger partial charge on any atom is 0.261 e. The molecule has 4 aromatic rings. The summed E-state index contributed by atoms with van der Waals surface area (Å²) in [5.74, 6) is -1.65. The number of aromatic hydroxyl groups is 1. The van der Waals surface area contributed by atoms with Gasteiger partial charge in [0.05, 0.1) is 12.0 Å². The summed E-state index contributed by atoms with van der Waals surface area (Å²) in [6.07, 6.45) is 1.15. The van der Waals surface area contributed by atoms with Crippen molar-refractivity contribution >= 4 is 40.4 Å². The van der Waals surface area contributed by atoms with Gasteiger partial charge in [0.15, 0.2) is 5.78 Å². The first kappa shape index (κ1) is 23.0. The standard InChI is InChI=1S/C27H23N5O4/c1-16-11-18(26(35)23(12-16)32-29-21-5-3-4-6-22(21)30-32)15-31(2)19-9-7-17(8-10-19)13-20-24(33)14-25(34)28-27(20)36/h3-13,35H,14-15H2,1-2H3,(H,28,34,36)/b20-13+. The number of phenols is 1. The Kier molecular flexibility index (Phi) is 5.81. The minimum Gasteiger partial charge on any atom is -0.505 e. The fourth-order valence-electron chi connectivity index (χ4n) is 4.16. The number of phenolic OH excluding ortho intramolecular Hbond substituents is 1. The van der Waals surface area contributed by atoms with E-state index >= 15 is 0 Å². The zero-order valence-electron chi connectivity index (χ0n) is 19.7. The number of anilines is 1. The molecule has 0 radical (unpaired) electrons. The monoisotopic (exact) mass is 481 g/mol. The number of hydrogen-bond acceptors (Lipinski definition) is 7. The fraction of sp³-hybridized carbons (Fsp3) is 0.148. The highest BCUT2D eigenvalue weighted by atomic mass is 16.3. The number of fused-ring (bicyclic) bond motifs is 1. The number of carbonyl (C=O) groups excluding carboxylic acids is 3. The number of aryl methyl sites for hydroxylation is 1.